The molecule has 0 aliphatic carbocycles. The van der Waals surface area contributed by atoms with Crippen LogP contribution in [0, 0.1) is 14.9 Å². The summed E-state index contributed by atoms with van der Waals surface area (Å²) in [6.07, 6.45) is -4.65. The number of aromatic nitrogens is 2. The predicted molar refractivity (Wildman–Crippen MR) is 81.0 cm³/mol. The normalized spacial score (nSPS) is 11.5. The summed E-state index contributed by atoms with van der Waals surface area (Å²) < 4.78 is 39.9. The van der Waals surface area contributed by atoms with Gasteiger partial charge in [-0.2, -0.15) is 23.5 Å². The summed E-state index contributed by atoms with van der Waals surface area (Å²) in [6, 6.07) is 3.59. The van der Waals surface area contributed by atoms with Gasteiger partial charge in [0.2, 0.25) is 0 Å². The van der Waals surface area contributed by atoms with E-state index in [9.17, 15) is 13.2 Å². The Kier molecular flexibility index (Phi) is 4.63. The molecule has 0 radical (unpaired) electrons. The largest absolute Gasteiger partial charge is 0.417 e. The van der Waals surface area contributed by atoms with Gasteiger partial charge in [-0.1, -0.05) is 34.8 Å². The number of halogens is 7. The van der Waals surface area contributed by atoms with Crippen molar-refractivity contribution in [2.24, 2.45) is 0 Å². The van der Waals surface area contributed by atoms with Gasteiger partial charge in [-0.15, -0.1) is 0 Å². The van der Waals surface area contributed by atoms with Crippen LogP contribution in [0.25, 0.3) is 5.69 Å². The van der Waals surface area contributed by atoms with Crippen LogP contribution in [0.15, 0.2) is 12.1 Å². The molecule has 0 aliphatic rings. The molecular weight excluding hydrogens is 464 g/mol. The SMILES string of the molecule is N#Cc1nn(-c2c(Cl)ccc(C(F)(F)F)c2Cl)c(Cl)c1I. The minimum Gasteiger partial charge on any atom is -0.217 e. The highest BCUT2D eigenvalue weighted by Gasteiger charge is 2.35. The lowest BCUT2D eigenvalue weighted by Crippen LogP contribution is -2.09. The average Bonchev–Trinajstić information content (AvgIpc) is 2.65. The monoisotopic (exact) mass is 465 g/mol. The maximum Gasteiger partial charge on any atom is 0.417 e. The Labute approximate surface area is 145 Å². The second kappa shape index (κ2) is 5.83. The van der Waals surface area contributed by atoms with Gasteiger partial charge in [-0.05, 0) is 34.7 Å². The number of nitriles is 1. The van der Waals surface area contributed by atoms with Gasteiger partial charge in [-0.3, -0.25) is 0 Å². The Morgan fingerprint density at radius 3 is 2.33 bits per heavy atom. The fourth-order valence-corrected chi connectivity index (χ4v) is 2.86. The lowest BCUT2D eigenvalue weighted by molar-refractivity contribution is -0.137. The third kappa shape index (κ3) is 2.95. The van der Waals surface area contributed by atoms with Gasteiger partial charge in [0, 0.05) is 0 Å². The van der Waals surface area contributed by atoms with Gasteiger partial charge in [0.1, 0.15) is 16.9 Å². The van der Waals surface area contributed by atoms with Gasteiger partial charge >= 0.3 is 6.18 Å². The number of hydrogen-bond acceptors (Lipinski definition) is 2. The minimum atomic E-state index is -4.65. The third-order valence-corrected chi connectivity index (χ3v) is 4.84. The van der Waals surface area contributed by atoms with E-state index in [0.29, 0.717) is 3.57 Å². The van der Waals surface area contributed by atoms with E-state index in [0.717, 1.165) is 16.8 Å². The van der Waals surface area contributed by atoms with E-state index < -0.39 is 16.8 Å². The number of nitrogens with zero attached hydrogens (tertiary/aromatic N) is 3. The van der Waals surface area contributed by atoms with Gasteiger partial charge in [0.25, 0.3) is 0 Å². The van der Waals surface area contributed by atoms with Gasteiger partial charge in [-0.25, -0.2) is 4.68 Å². The van der Waals surface area contributed by atoms with E-state index >= 15 is 0 Å². The summed E-state index contributed by atoms with van der Waals surface area (Å²) >= 11 is 19.4. The van der Waals surface area contributed by atoms with Crippen LogP contribution in [0.1, 0.15) is 11.3 Å². The topological polar surface area (TPSA) is 41.6 Å². The van der Waals surface area contributed by atoms with Gasteiger partial charge in [0.15, 0.2) is 5.69 Å². The molecule has 0 amide bonds. The van der Waals surface area contributed by atoms with E-state index in [1.165, 1.54) is 0 Å². The Morgan fingerprint density at radius 1 is 1.24 bits per heavy atom. The molecule has 2 rings (SSSR count). The van der Waals surface area contributed by atoms with E-state index in [1.54, 1.807) is 28.7 Å². The van der Waals surface area contributed by atoms with Crippen molar-refractivity contribution in [3.05, 3.63) is 42.2 Å². The molecule has 0 saturated heterocycles. The first kappa shape index (κ1) is 16.7. The van der Waals surface area contributed by atoms with Crippen LogP contribution in [0.5, 0.6) is 0 Å². The molecule has 0 bridgehead atoms. The molecule has 2 aromatic rings. The lowest BCUT2D eigenvalue weighted by Gasteiger charge is -2.14. The molecule has 0 spiro atoms. The smallest absolute Gasteiger partial charge is 0.217 e. The number of benzene rings is 1. The molecule has 1 heterocycles. The summed E-state index contributed by atoms with van der Waals surface area (Å²) in [5.74, 6) is 0. The van der Waals surface area contributed by atoms with Crippen molar-refractivity contribution in [1.82, 2.24) is 9.78 Å². The van der Waals surface area contributed by atoms with Gasteiger partial charge in [0.05, 0.1) is 19.2 Å². The number of hydrogen-bond donors (Lipinski definition) is 0. The van der Waals surface area contributed by atoms with Crippen molar-refractivity contribution in [3.8, 4) is 11.8 Å². The molecule has 0 N–H and O–H groups in total. The fraction of sp³-hybridized carbons (Fsp3) is 0.0909. The van der Waals surface area contributed by atoms with E-state index in [4.69, 9.17) is 40.1 Å². The molecule has 0 fully saturated rings. The third-order valence-electron chi connectivity index (χ3n) is 2.47. The van der Waals surface area contributed by atoms with Crippen molar-refractivity contribution in [2.45, 2.75) is 6.18 Å². The van der Waals surface area contributed by atoms with Crippen LogP contribution in [0.4, 0.5) is 13.2 Å². The van der Waals surface area contributed by atoms with Crippen molar-refractivity contribution >= 4 is 57.4 Å². The van der Waals surface area contributed by atoms with Crippen LogP contribution in [-0.4, -0.2) is 9.78 Å². The summed E-state index contributed by atoms with van der Waals surface area (Å²) in [5.41, 5.74) is -1.33. The van der Waals surface area contributed by atoms with E-state index in [2.05, 4.69) is 5.10 Å². The average molecular weight is 466 g/mol. The highest BCUT2D eigenvalue weighted by Crippen LogP contribution is 2.41. The number of alkyl halides is 3. The van der Waals surface area contributed by atoms with Crippen molar-refractivity contribution in [2.75, 3.05) is 0 Å². The van der Waals surface area contributed by atoms with Crippen LogP contribution < -0.4 is 0 Å². The van der Waals surface area contributed by atoms with Crippen LogP contribution in [0.3, 0.4) is 0 Å². The maximum atomic E-state index is 12.9. The first-order chi connectivity index (χ1) is 9.68. The standard InChI is InChI=1S/C11H2Cl3F3IN3/c12-5-2-1-4(11(15,16)17)7(13)9(5)21-10(14)8(18)6(3-19)20-21/h1-2H. The van der Waals surface area contributed by atoms with Crippen LogP contribution in [-0.2, 0) is 6.18 Å². The quantitative estimate of drug-likeness (QED) is 0.534. The molecule has 1 aromatic carbocycles. The van der Waals surface area contributed by atoms with Crippen molar-refractivity contribution in [1.29, 1.82) is 5.26 Å². The molecule has 0 aliphatic heterocycles. The molecular formula is C11H2Cl3F3IN3. The zero-order chi connectivity index (χ0) is 15.9. The van der Waals surface area contributed by atoms with E-state index in [1.807, 2.05) is 0 Å². The van der Waals surface area contributed by atoms with Crippen LogP contribution in [0.2, 0.25) is 15.2 Å². The summed E-state index contributed by atoms with van der Waals surface area (Å²) in [5, 5.41) is 12.0. The zero-order valence-corrected chi connectivity index (χ0v) is 14.1. The lowest BCUT2D eigenvalue weighted by atomic mass is 10.2. The predicted octanol–water partition coefficient (Wildman–Crippen LogP) is 5.33. The first-order valence-electron chi connectivity index (χ1n) is 5.08. The molecule has 110 valence electrons. The molecule has 10 heteroatoms. The van der Waals surface area contributed by atoms with Crippen molar-refractivity contribution in [3.63, 3.8) is 0 Å². The molecule has 0 unspecified atom stereocenters. The first-order valence-corrected chi connectivity index (χ1v) is 7.29. The second-order valence-corrected chi connectivity index (χ2v) is 5.95. The van der Waals surface area contributed by atoms with E-state index in [-0.39, 0.29) is 21.6 Å². The fourth-order valence-electron chi connectivity index (χ4n) is 1.55. The number of rotatable bonds is 1. The zero-order valence-electron chi connectivity index (χ0n) is 9.64. The molecule has 0 atom stereocenters. The molecule has 3 nitrogen and oxygen atoms in total. The Hall–Kier alpha value is -0.690. The highest BCUT2D eigenvalue weighted by atomic mass is 127. The molecule has 1 aromatic heterocycles. The van der Waals surface area contributed by atoms with Gasteiger partial charge < -0.3 is 0 Å². The maximum absolute atomic E-state index is 12.9. The Bertz CT molecular complexity index is 765. The van der Waals surface area contributed by atoms with Crippen molar-refractivity contribution < 1.29 is 13.2 Å². The summed E-state index contributed by atoms with van der Waals surface area (Å²) in [7, 11) is 0. The van der Waals surface area contributed by atoms with Crippen LogP contribution >= 0.6 is 57.4 Å². The Balaban J connectivity index is 2.79. The minimum absolute atomic E-state index is 0.0369. The Morgan fingerprint density at radius 2 is 1.86 bits per heavy atom. The summed E-state index contributed by atoms with van der Waals surface area (Å²) in [6.45, 7) is 0. The second-order valence-electron chi connectivity index (χ2n) is 3.73. The molecule has 0 saturated carbocycles. The highest BCUT2D eigenvalue weighted by molar-refractivity contribution is 14.1. The molecule has 21 heavy (non-hydrogen) atoms. The summed E-state index contributed by atoms with van der Waals surface area (Å²) in [4.78, 5) is 0.